The summed E-state index contributed by atoms with van der Waals surface area (Å²) in [6.07, 6.45) is 3.91. The van der Waals surface area contributed by atoms with Crippen LogP contribution >= 0.6 is 0 Å². The number of carbonyl (C=O) groups excluding carboxylic acids is 6. The number of fused-ring (bicyclic) bond motifs is 2. The van der Waals surface area contributed by atoms with Gasteiger partial charge >= 0.3 is 0 Å². The monoisotopic (exact) mass is 875 g/mol. The number of phenolic OH excluding ortho intramolecular Hbond substituents is 1. The Hall–Kier alpha value is -7.37. The van der Waals surface area contributed by atoms with E-state index >= 15 is 0 Å². The van der Waals surface area contributed by atoms with Gasteiger partial charge in [-0.2, -0.15) is 0 Å². The Bertz CT molecular complexity index is 2480. The van der Waals surface area contributed by atoms with Gasteiger partial charge < -0.3 is 58.0 Å². The standard InChI is InChI=1S/C46H57N11O7/c1-25(2)19-36-43(62)53-35(13-8-18-49-46(47)48)41(60)56-38(21-28-23-50-33-11-6-4-9-31(28)33)42(61)52-26(3)40(59)54-37(20-27-14-16-30(58)17-15-27)44(63)57-39(45(64)55-36)22-29-24-51-34-12-7-5-10-32(29)34/h4-7,9-12,14-17,23-26,35-39,50-51,58H,8,13,18-22H2,1-3H3,(H,52,61)(H,53,62)(H,54,59)(H,55,64)(H,56,60)(H,57,63)(H4,47,48,49). The van der Waals surface area contributed by atoms with Gasteiger partial charge in [-0.1, -0.05) is 62.4 Å². The number of aromatic nitrogens is 2. The number of hydrogen-bond acceptors (Lipinski definition) is 8. The first-order valence-electron chi connectivity index (χ1n) is 21.4. The zero-order valence-corrected chi connectivity index (χ0v) is 36.0. The van der Waals surface area contributed by atoms with Gasteiger partial charge in [0, 0.05) is 60.0 Å². The van der Waals surface area contributed by atoms with Crippen molar-refractivity contribution in [3.63, 3.8) is 0 Å². The van der Waals surface area contributed by atoms with Crippen molar-refractivity contribution in [3.8, 4) is 5.75 Å². The number of benzene rings is 3. The maximum Gasteiger partial charge on any atom is 0.243 e. The fraction of sp³-hybridized carbons (Fsp3) is 0.370. The lowest BCUT2D eigenvalue weighted by molar-refractivity contribution is -0.136. The van der Waals surface area contributed by atoms with E-state index < -0.39 is 71.7 Å². The second kappa shape index (κ2) is 21.1. The van der Waals surface area contributed by atoms with Crippen molar-refractivity contribution in [3.05, 3.63) is 102 Å². The van der Waals surface area contributed by atoms with Gasteiger partial charge in [-0.25, -0.2) is 0 Å². The van der Waals surface area contributed by atoms with Crippen molar-refractivity contribution in [2.75, 3.05) is 6.54 Å². The number of guanidine groups is 1. The first-order valence-corrected chi connectivity index (χ1v) is 21.4. The molecule has 0 saturated carbocycles. The van der Waals surface area contributed by atoms with Gasteiger partial charge in [0.25, 0.3) is 0 Å². The molecular weight excluding hydrogens is 819 g/mol. The summed E-state index contributed by atoms with van der Waals surface area (Å²) in [5.41, 5.74) is 9.09. The number of H-pyrrole nitrogens is 2. The Morgan fingerprint density at radius 1 is 0.625 bits per heavy atom. The Labute approximate surface area is 370 Å². The Kier molecular flexibility index (Phi) is 15.2. The molecule has 5 aromatic rings. The van der Waals surface area contributed by atoms with Crippen LogP contribution in [-0.2, 0) is 48.0 Å². The van der Waals surface area contributed by atoms with E-state index in [0.717, 1.165) is 21.8 Å². The van der Waals surface area contributed by atoms with Gasteiger partial charge in [0.1, 0.15) is 42.0 Å². The Morgan fingerprint density at radius 2 is 1.08 bits per heavy atom. The number of nitrogens with one attached hydrogen (secondary N) is 10. The molecule has 1 saturated heterocycles. The zero-order valence-electron chi connectivity index (χ0n) is 36.0. The smallest absolute Gasteiger partial charge is 0.243 e. The molecule has 6 rings (SSSR count). The highest BCUT2D eigenvalue weighted by Gasteiger charge is 2.35. The SMILES string of the molecule is CC(C)CC1NC(=O)C(Cc2c[nH]c3ccccc23)NC(=O)C(Cc2ccc(O)cc2)NC(=O)C(C)NC(=O)C(Cc2c[nH]c3ccccc23)NC(=O)C(CCCNC(=N)N)NC1=O. The van der Waals surface area contributed by atoms with Crippen LogP contribution in [0.5, 0.6) is 5.75 Å². The maximum atomic E-state index is 14.5. The van der Waals surface area contributed by atoms with E-state index in [4.69, 9.17) is 11.1 Å². The lowest BCUT2D eigenvalue weighted by Crippen LogP contribution is -2.62. The summed E-state index contributed by atoms with van der Waals surface area (Å²) in [5, 5.41) is 38.6. The average Bonchev–Trinajstić information content (AvgIpc) is 3.87. The predicted molar refractivity (Wildman–Crippen MR) is 242 cm³/mol. The van der Waals surface area contributed by atoms with Crippen LogP contribution in [0.15, 0.2) is 85.2 Å². The molecule has 0 aliphatic carbocycles. The van der Waals surface area contributed by atoms with Crippen molar-refractivity contribution in [1.82, 2.24) is 47.2 Å². The van der Waals surface area contributed by atoms with E-state index in [1.54, 1.807) is 24.5 Å². The van der Waals surface area contributed by atoms with Crippen LogP contribution in [0, 0.1) is 11.3 Å². The van der Waals surface area contributed by atoms with Crippen LogP contribution in [0.3, 0.4) is 0 Å². The van der Waals surface area contributed by atoms with Crippen LogP contribution in [-0.4, -0.2) is 99.3 Å². The number of carbonyl (C=O) groups is 6. The topological polar surface area (TPSA) is 288 Å². The number of aromatic amines is 2. The maximum absolute atomic E-state index is 14.5. The number of phenols is 1. The minimum Gasteiger partial charge on any atom is -0.508 e. The van der Waals surface area contributed by atoms with Crippen molar-refractivity contribution in [2.45, 2.75) is 95.5 Å². The summed E-state index contributed by atoms with van der Waals surface area (Å²) in [5.74, 6) is -4.55. The fourth-order valence-electron chi connectivity index (χ4n) is 7.80. The molecule has 3 heterocycles. The minimum atomic E-state index is -1.27. The van der Waals surface area contributed by atoms with Crippen molar-refractivity contribution < 1.29 is 33.9 Å². The fourth-order valence-corrected chi connectivity index (χ4v) is 7.80. The summed E-state index contributed by atoms with van der Waals surface area (Å²) >= 11 is 0. The molecule has 18 nitrogen and oxygen atoms in total. The molecule has 1 fully saturated rings. The molecule has 3 aromatic carbocycles. The molecule has 2 aromatic heterocycles. The van der Waals surface area contributed by atoms with Crippen LogP contribution in [0.1, 0.15) is 56.7 Å². The number of hydrogen-bond donors (Lipinski definition) is 12. The van der Waals surface area contributed by atoms with E-state index in [9.17, 15) is 33.9 Å². The summed E-state index contributed by atoms with van der Waals surface area (Å²) in [7, 11) is 0. The minimum absolute atomic E-state index is 0.000624. The third kappa shape index (κ3) is 12.2. The molecule has 13 N–H and O–H groups in total. The molecule has 18 heteroatoms. The second-order valence-corrected chi connectivity index (χ2v) is 16.6. The van der Waals surface area contributed by atoms with Gasteiger partial charge in [0.15, 0.2) is 5.96 Å². The van der Waals surface area contributed by atoms with Gasteiger partial charge in [0.2, 0.25) is 35.4 Å². The molecule has 6 unspecified atom stereocenters. The summed E-state index contributed by atoms with van der Waals surface area (Å²) in [6, 6.07) is 13.6. The molecule has 6 atom stereocenters. The highest BCUT2D eigenvalue weighted by atomic mass is 16.3. The first-order chi connectivity index (χ1) is 30.6. The summed E-state index contributed by atoms with van der Waals surface area (Å²) in [6.45, 7) is 5.40. The Balaban J connectivity index is 1.38. The molecule has 338 valence electrons. The van der Waals surface area contributed by atoms with Crippen molar-refractivity contribution in [2.24, 2.45) is 11.7 Å². The van der Waals surface area contributed by atoms with Crippen LogP contribution in [0.4, 0.5) is 0 Å². The molecule has 6 amide bonds. The predicted octanol–water partition coefficient (Wildman–Crippen LogP) is 1.63. The summed E-state index contributed by atoms with van der Waals surface area (Å²) < 4.78 is 0. The quantitative estimate of drug-likeness (QED) is 0.0492. The van der Waals surface area contributed by atoms with Crippen LogP contribution < -0.4 is 43.0 Å². The zero-order chi connectivity index (χ0) is 45.9. The normalized spacial score (nSPS) is 21.8. The number of para-hydroxylation sites is 2. The van der Waals surface area contributed by atoms with Gasteiger partial charge in [-0.15, -0.1) is 0 Å². The van der Waals surface area contributed by atoms with Crippen molar-refractivity contribution >= 4 is 63.2 Å². The van der Waals surface area contributed by atoms with Gasteiger partial charge in [-0.3, -0.25) is 34.2 Å². The van der Waals surface area contributed by atoms with E-state index in [1.807, 2.05) is 62.4 Å². The highest BCUT2D eigenvalue weighted by molar-refractivity contribution is 5.99. The van der Waals surface area contributed by atoms with E-state index in [1.165, 1.54) is 19.1 Å². The number of aromatic hydroxyl groups is 1. The number of rotatable bonds is 12. The molecule has 0 bridgehead atoms. The Morgan fingerprint density at radius 3 is 1.62 bits per heavy atom. The van der Waals surface area contributed by atoms with E-state index in [-0.39, 0.29) is 62.7 Å². The summed E-state index contributed by atoms with van der Waals surface area (Å²) in [4.78, 5) is 92.2. The highest BCUT2D eigenvalue weighted by Crippen LogP contribution is 2.22. The lowest BCUT2D eigenvalue weighted by atomic mass is 9.99. The molecule has 1 aliphatic heterocycles. The average molecular weight is 876 g/mol. The third-order valence-corrected chi connectivity index (χ3v) is 11.2. The van der Waals surface area contributed by atoms with Crippen LogP contribution in [0.2, 0.25) is 0 Å². The van der Waals surface area contributed by atoms with Gasteiger partial charge in [-0.05, 0) is 73.1 Å². The number of amides is 6. The van der Waals surface area contributed by atoms with E-state index in [2.05, 4.69) is 47.2 Å². The van der Waals surface area contributed by atoms with Crippen molar-refractivity contribution in [1.29, 1.82) is 5.41 Å². The second-order valence-electron chi connectivity index (χ2n) is 16.6. The number of nitrogens with two attached hydrogens (primary N) is 1. The molecule has 64 heavy (non-hydrogen) atoms. The lowest BCUT2D eigenvalue weighted by Gasteiger charge is -2.29. The van der Waals surface area contributed by atoms with Gasteiger partial charge in [0.05, 0.1) is 0 Å². The van der Waals surface area contributed by atoms with E-state index in [0.29, 0.717) is 16.7 Å². The molecular formula is C46H57N11O7. The molecule has 0 spiro atoms. The first kappa shape index (κ1) is 46.1. The van der Waals surface area contributed by atoms with Crippen LogP contribution in [0.25, 0.3) is 21.8 Å². The molecule has 1 aliphatic rings. The largest absolute Gasteiger partial charge is 0.508 e. The third-order valence-electron chi connectivity index (χ3n) is 11.2. The molecule has 0 radical (unpaired) electrons.